The summed E-state index contributed by atoms with van der Waals surface area (Å²) in [6, 6.07) is 8.71. The predicted octanol–water partition coefficient (Wildman–Crippen LogP) is 1.90. The van der Waals surface area contributed by atoms with E-state index >= 15 is 0 Å². The minimum atomic E-state index is -0.316. The highest BCUT2D eigenvalue weighted by atomic mass is 16.7. The Labute approximate surface area is 141 Å². The molecule has 6 nitrogen and oxygen atoms in total. The number of fused-ring (bicyclic) bond motifs is 1. The Hall–Kier alpha value is -2.05. The fourth-order valence-corrected chi connectivity index (χ4v) is 3.52. The van der Waals surface area contributed by atoms with Gasteiger partial charge in [-0.2, -0.15) is 5.10 Å². The molecule has 0 radical (unpaired) electrons. The second-order valence-electron chi connectivity index (χ2n) is 6.68. The Morgan fingerprint density at radius 1 is 1.38 bits per heavy atom. The third-order valence-corrected chi connectivity index (χ3v) is 4.93. The van der Waals surface area contributed by atoms with Crippen LogP contribution in [0.25, 0.3) is 0 Å². The Kier molecular flexibility index (Phi) is 4.16. The van der Waals surface area contributed by atoms with Gasteiger partial charge in [0.25, 0.3) is 0 Å². The summed E-state index contributed by atoms with van der Waals surface area (Å²) in [6.07, 6.45) is 6.14. The van der Waals surface area contributed by atoms with Crippen LogP contribution in [0.1, 0.15) is 31.4 Å². The van der Waals surface area contributed by atoms with Crippen molar-refractivity contribution in [1.29, 1.82) is 0 Å². The first-order chi connectivity index (χ1) is 11.7. The SMILES string of the molecule is CC(CCc1ccc2c(c1)OCO2)N[C@H]1C[C@@H](O)[C@@H]1n1cccn1. The van der Waals surface area contributed by atoms with Crippen molar-refractivity contribution in [2.45, 2.75) is 50.4 Å². The molecule has 6 heteroatoms. The van der Waals surface area contributed by atoms with Crippen LogP contribution in [-0.2, 0) is 6.42 Å². The second kappa shape index (κ2) is 6.45. The maximum Gasteiger partial charge on any atom is 0.231 e. The fourth-order valence-electron chi connectivity index (χ4n) is 3.52. The number of aryl methyl sites for hydroxylation is 1. The number of aromatic nitrogens is 2. The van der Waals surface area contributed by atoms with Crippen molar-refractivity contribution < 1.29 is 14.6 Å². The van der Waals surface area contributed by atoms with E-state index in [-0.39, 0.29) is 18.2 Å². The smallest absolute Gasteiger partial charge is 0.231 e. The summed E-state index contributed by atoms with van der Waals surface area (Å²) in [6.45, 7) is 2.51. The summed E-state index contributed by atoms with van der Waals surface area (Å²) in [5.74, 6) is 1.67. The quantitative estimate of drug-likeness (QED) is 0.847. The van der Waals surface area contributed by atoms with E-state index in [2.05, 4.69) is 29.5 Å². The van der Waals surface area contributed by atoms with Gasteiger partial charge in [0.15, 0.2) is 11.5 Å². The molecule has 1 aliphatic heterocycles. The van der Waals surface area contributed by atoms with E-state index in [1.807, 2.05) is 23.0 Å². The lowest BCUT2D eigenvalue weighted by Crippen LogP contribution is -2.56. The maximum absolute atomic E-state index is 10.0. The highest BCUT2D eigenvalue weighted by molar-refractivity contribution is 5.44. The van der Waals surface area contributed by atoms with Crippen LogP contribution in [0.2, 0.25) is 0 Å². The van der Waals surface area contributed by atoms with E-state index in [1.165, 1.54) is 5.56 Å². The van der Waals surface area contributed by atoms with Crippen LogP contribution in [0.3, 0.4) is 0 Å². The Morgan fingerprint density at radius 2 is 2.25 bits per heavy atom. The zero-order valence-electron chi connectivity index (χ0n) is 13.8. The van der Waals surface area contributed by atoms with Gasteiger partial charge >= 0.3 is 0 Å². The molecule has 4 atom stereocenters. The number of hydrogen-bond donors (Lipinski definition) is 2. The van der Waals surface area contributed by atoms with Crippen LogP contribution in [0.5, 0.6) is 11.5 Å². The second-order valence-corrected chi connectivity index (χ2v) is 6.68. The molecule has 0 amide bonds. The Morgan fingerprint density at radius 3 is 3.04 bits per heavy atom. The molecule has 1 aromatic carbocycles. The van der Waals surface area contributed by atoms with Gasteiger partial charge in [0.05, 0.1) is 12.1 Å². The van der Waals surface area contributed by atoms with E-state index < -0.39 is 0 Å². The van der Waals surface area contributed by atoms with Crippen molar-refractivity contribution >= 4 is 0 Å². The summed E-state index contributed by atoms with van der Waals surface area (Å²) >= 11 is 0. The topological polar surface area (TPSA) is 68.5 Å². The molecular formula is C18H23N3O3. The molecule has 0 spiro atoms. The van der Waals surface area contributed by atoms with Gasteiger partial charge in [-0.15, -0.1) is 0 Å². The van der Waals surface area contributed by atoms with Crippen molar-refractivity contribution in [2.24, 2.45) is 0 Å². The molecule has 1 unspecified atom stereocenters. The van der Waals surface area contributed by atoms with Gasteiger partial charge in [-0.25, -0.2) is 0 Å². The molecule has 2 heterocycles. The number of benzene rings is 1. The summed E-state index contributed by atoms with van der Waals surface area (Å²) in [5, 5.41) is 17.9. The highest BCUT2D eigenvalue weighted by Gasteiger charge is 2.41. The monoisotopic (exact) mass is 329 g/mol. The van der Waals surface area contributed by atoms with E-state index in [4.69, 9.17) is 9.47 Å². The van der Waals surface area contributed by atoms with Gasteiger partial charge in [-0.1, -0.05) is 6.07 Å². The van der Waals surface area contributed by atoms with Gasteiger partial charge in [0.1, 0.15) is 0 Å². The molecule has 2 N–H and O–H groups in total. The first-order valence-electron chi connectivity index (χ1n) is 8.52. The van der Waals surface area contributed by atoms with Crippen LogP contribution >= 0.6 is 0 Å². The molecule has 4 rings (SSSR count). The average molecular weight is 329 g/mol. The largest absolute Gasteiger partial charge is 0.454 e. The van der Waals surface area contributed by atoms with Gasteiger partial charge < -0.3 is 19.9 Å². The van der Waals surface area contributed by atoms with E-state index in [1.54, 1.807) is 6.20 Å². The molecule has 1 aromatic heterocycles. The first-order valence-corrected chi connectivity index (χ1v) is 8.52. The molecule has 2 aliphatic rings. The summed E-state index contributed by atoms with van der Waals surface area (Å²) < 4.78 is 12.6. The molecule has 128 valence electrons. The lowest BCUT2D eigenvalue weighted by molar-refractivity contribution is -0.0112. The maximum atomic E-state index is 10.0. The van der Waals surface area contributed by atoms with Gasteiger partial charge in [-0.05, 0) is 49.9 Å². The summed E-state index contributed by atoms with van der Waals surface area (Å²) in [5.41, 5.74) is 1.25. The van der Waals surface area contributed by atoms with Crippen LogP contribution < -0.4 is 14.8 Å². The molecule has 0 saturated heterocycles. The van der Waals surface area contributed by atoms with E-state index in [0.29, 0.717) is 12.8 Å². The number of rotatable bonds is 6. The van der Waals surface area contributed by atoms with Crippen molar-refractivity contribution in [2.75, 3.05) is 6.79 Å². The molecule has 0 bridgehead atoms. The number of nitrogens with zero attached hydrogens (tertiary/aromatic N) is 2. The van der Waals surface area contributed by atoms with Crippen molar-refractivity contribution in [1.82, 2.24) is 15.1 Å². The van der Waals surface area contributed by atoms with Crippen molar-refractivity contribution in [3.63, 3.8) is 0 Å². The molecular weight excluding hydrogens is 306 g/mol. The number of nitrogens with one attached hydrogen (secondary N) is 1. The molecule has 1 fully saturated rings. The van der Waals surface area contributed by atoms with E-state index in [0.717, 1.165) is 30.8 Å². The third-order valence-electron chi connectivity index (χ3n) is 4.93. The van der Waals surface area contributed by atoms with Crippen LogP contribution in [-0.4, -0.2) is 39.9 Å². The summed E-state index contributed by atoms with van der Waals surface area (Å²) in [4.78, 5) is 0. The van der Waals surface area contributed by atoms with Crippen molar-refractivity contribution in [3.8, 4) is 11.5 Å². The first kappa shape index (κ1) is 15.5. The molecule has 24 heavy (non-hydrogen) atoms. The minimum Gasteiger partial charge on any atom is -0.454 e. The number of ether oxygens (including phenoxy) is 2. The Bertz CT molecular complexity index is 689. The lowest BCUT2D eigenvalue weighted by Gasteiger charge is -2.43. The van der Waals surface area contributed by atoms with Crippen LogP contribution in [0, 0.1) is 0 Å². The van der Waals surface area contributed by atoms with Gasteiger partial charge in [-0.3, -0.25) is 4.68 Å². The normalized spacial score (nSPS) is 26.2. The van der Waals surface area contributed by atoms with Crippen LogP contribution in [0.15, 0.2) is 36.7 Å². The van der Waals surface area contributed by atoms with Gasteiger partial charge in [0, 0.05) is 24.5 Å². The number of hydrogen-bond acceptors (Lipinski definition) is 5. The number of aliphatic hydroxyl groups excluding tert-OH is 1. The lowest BCUT2D eigenvalue weighted by atomic mass is 9.82. The van der Waals surface area contributed by atoms with Crippen molar-refractivity contribution in [3.05, 3.63) is 42.2 Å². The summed E-state index contributed by atoms with van der Waals surface area (Å²) in [7, 11) is 0. The molecule has 1 saturated carbocycles. The highest BCUT2D eigenvalue weighted by Crippen LogP contribution is 2.34. The molecule has 1 aliphatic carbocycles. The standard InChI is InChI=1S/C18H23N3O3/c1-12(3-4-13-5-6-16-17(9-13)24-11-23-16)20-14-10-15(22)18(14)21-8-2-7-19-21/h2,5-9,12,14-15,18,20,22H,3-4,10-11H2,1H3/t12?,14-,15+,18+/m0/s1. The fraction of sp³-hybridized carbons (Fsp3) is 0.500. The molecule has 2 aromatic rings. The predicted molar refractivity (Wildman–Crippen MR) is 89.2 cm³/mol. The zero-order chi connectivity index (χ0) is 16.5. The third kappa shape index (κ3) is 2.99. The minimum absolute atomic E-state index is 0.0352. The van der Waals surface area contributed by atoms with E-state index in [9.17, 15) is 5.11 Å². The van der Waals surface area contributed by atoms with Gasteiger partial charge in [0.2, 0.25) is 6.79 Å². The average Bonchev–Trinajstić information content (AvgIpc) is 3.23. The Balaban J connectivity index is 1.30. The zero-order valence-corrected chi connectivity index (χ0v) is 13.8. The van der Waals surface area contributed by atoms with Crippen LogP contribution in [0.4, 0.5) is 0 Å². The number of aliphatic hydroxyl groups is 1.